The van der Waals surface area contributed by atoms with Gasteiger partial charge in [0.25, 0.3) is 0 Å². The van der Waals surface area contributed by atoms with Crippen molar-refractivity contribution in [2.75, 3.05) is 6.54 Å². The number of piperidine rings is 1. The highest BCUT2D eigenvalue weighted by Gasteiger charge is 2.42. The molecular weight excluding hydrogens is 374 g/mol. The number of nitrogens with one attached hydrogen (secondary N) is 1. The molecule has 3 amide bonds. The van der Waals surface area contributed by atoms with E-state index >= 15 is 0 Å². The molecule has 1 fully saturated rings. The predicted octanol–water partition coefficient (Wildman–Crippen LogP) is 2.46. The second-order valence-electron chi connectivity index (χ2n) is 8.48. The van der Waals surface area contributed by atoms with Gasteiger partial charge in [0, 0.05) is 13.0 Å². The number of likely N-dealkylation sites (tertiary alicyclic amines) is 1. The number of aliphatic carboxylic acids is 1. The Hall–Kier alpha value is -2.72. The van der Waals surface area contributed by atoms with Gasteiger partial charge in [0.2, 0.25) is 0 Å². The summed E-state index contributed by atoms with van der Waals surface area (Å²) in [5, 5.41) is 19.5. The van der Waals surface area contributed by atoms with Gasteiger partial charge < -0.3 is 19.7 Å². The van der Waals surface area contributed by atoms with E-state index in [9.17, 15) is 29.4 Å². The summed E-state index contributed by atoms with van der Waals surface area (Å²) in [5.74, 6) is -2.00. The van der Waals surface area contributed by atoms with E-state index < -0.39 is 47.5 Å². The SMILES string of the molecule is CC(C)(C)OC(=O)NN(C(=O)OC(C)(C)C)C1CC(C(=O)O)CCN1C(=O)O. The Morgan fingerprint density at radius 1 is 1.00 bits per heavy atom. The van der Waals surface area contributed by atoms with Crippen molar-refractivity contribution in [2.45, 2.75) is 71.8 Å². The Labute approximate surface area is 163 Å². The molecule has 0 aromatic rings. The van der Waals surface area contributed by atoms with Gasteiger partial charge in [-0.05, 0) is 48.0 Å². The Kier molecular flexibility index (Phi) is 7.10. The maximum Gasteiger partial charge on any atom is 0.431 e. The summed E-state index contributed by atoms with van der Waals surface area (Å²) in [6.45, 7) is 9.55. The van der Waals surface area contributed by atoms with Gasteiger partial charge in [0.1, 0.15) is 17.4 Å². The van der Waals surface area contributed by atoms with E-state index in [4.69, 9.17) is 9.47 Å². The van der Waals surface area contributed by atoms with E-state index in [1.54, 1.807) is 41.5 Å². The summed E-state index contributed by atoms with van der Waals surface area (Å²) in [6.07, 6.45) is -4.77. The van der Waals surface area contributed by atoms with Gasteiger partial charge in [0.05, 0.1) is 5.92 Å². The Balaban J connectivity index is 3.20. The van der Waals surface area contributed by atoms with Crippen molar-refractivity contribution in [3.8, 4) is 0 Å². The third-order valence-corrected chi connectivity index (χ3v) is 3.67. The molecule has 1 heterocycles. The van der Waals surface area contributed by atoms with E-state index in [-0.39, 0.29) is 19.4 Å². The lowest BCUT2D eigenvalue weighted by Gasteiger charge is -2.42. The van der Waals surface area contributed by atoms with Gasteiger partial charge in [-0.25, -0.2) is 19.8 Å². The maximum atomic E-state index is 12.7. The lowest BCUT2D eigenvalue weighted by atomic mass is 9.94. The number of carboxylic acids is 1. The minimum atomic E-state index is -1.35. The molecule has 1 saturated heterocycles. The van der Waals surface area contributed by atoms with Crippen LogP contribution in [0.15, 0.2) is 0 Å². The molecule has 0 bridgehead atoms. The predicted molar refractivity (Wildman–Crippen MR) is 96.3 cm³/mol. The average Bonchev–Trinajstić information content (AvgIpc) is 2.48. The van der Waals surface area contributed by atoms with Gasteiger partial charge in [0.15, 0.2) is 0 Å². The fraction of sp³-hybridized carbons (Fsp3) is 0.765. The summed E-state index contributed by atoms with van der Waals surface area (Å²) in [7, 11) is 0. The Morgan fingerprint density at radius 3 is 1.96 bits per heavy atom. The van der Waals surface area contributed by atoms with E-state index in [0.29, 0.717) is 5.01 Å². The number of carbonyl (C=O) groups is 4. The molecule has 2 atom stereocenters. The van der Waals surface area contributed by atoms with Crippen LogP contribution in [0, 0.1) is 5.92 Å². The fourth-order valence-electron chi connectivity index (χ4n) is 2.59. The van der Waals surface area contributed by atoms with Crippen LogP contribution in [0.3, 0.4) is 0 Å². The molecule has 0 saturated carbocycles. The zero-order chi connectivity index (χ0) is 21.9. The van der Waals surface area contributed by atoms with Crippen molar-refractivity contribution < 1.29 is 38.9 Å². The molecule has 1 aliphatic rings. The molecule has 2 unspecified atom stereocenters. The molecule has 28 heavy (non-hydrogen) atoms. The first kappa shape index (κ1) is 23.3. The number of carboxylic acid groups (broad SMARTS) is 2. The van der Waals surface area contributed by atoms with Crippen LogP contribution in [0.4, 0.5) is 14.4 Å². The van der Waals surface area contributed by atoms with Gasteiger partial charge in [-0.2, -0.15) is 5.01 Å². The van der Waals surface area contributed by atoms with E-state index in [1.807, 2.05) is 0 Å². The average molecular weight is 403 g/mol. The molecule has 11 heteroatoms. The Morgan fingerprint density at radius 2 is 1.54 bits per heavy atom. The Bertz CT molecular complexity index is 623. The van der Waals surface area contributed by atoms with Crippen molar-refractivity contribution in [3.05, 3.63) is 0 Å². The molecule has 3 N–H and O–H groups in total. The van der Waals surface area contributed by atoms with Crippen LogP contribution in [0.25, 0.3) is 0 Å². The standard InChI is InChI=1S/C17H29N3O8/c1-16(2,3)27-13(23)18-20(15(26)28-17(4,5)6)11-9-10(12(21)22)7-8-19(11)14(24)25/h10-11H,7-9H2,1-6H3,(H,18,23)(H,21,22)(H,24,25). The van der Waals surface area contributed by atoms with Crippen molar-refractivity contribution in [1.82, 2.24) is 15.3 Å². The molecule has 0 aromatic carbocycles. The van der Waals surface area contributed by atoms with Crippen LogP contribution in [-0.4, -0.2) is 68.3 Å². The highest BCUT2D eigenvalue weighted by Crippen LogP contribution is 2.26. The van der Waals surface area contributed by atoms with Gasteiger partial charge in [-0.15, -0.1) is 0 Å². The molecular formula is C17H29N3O8. The van der Waals surface area contributed by atoms with Crippen LogP contribution in [0.2, 0.25) is 0 Å². The highest BCUT2D eigenvalue weighted by atomic mass is 16.6. The number of hydrazine groups is 1. The van der Waals surface area contributed by atoms with E-state index in [0.717, 1.165) is 4.90 Å². The summed E-state index contributed by atoms with van der Waals surface area (Å²) in [6, 6.07) is 0. The molecule has 160 valence electrons. The number of rotatable bonds is 2. The summed E-state index contributed by atoms with van der Waals surface area (Å²) in [4.78, 5) is 48.8. The van der Waals surface area contributed by atoms with Crippen molar-refractivity contribution >= 4 is 24.2 Å². The molecule has 11 nitrogen and oxygen atoms in total. The minimum Gasteiger partial charge on any atom is -0.481 e. The number of hydrogen-bond donors (Lipinski definition) is 3. The van der Waals surface area contributed by atoms with Crippen molar-refractivity contribution in [2.24, 2.45) is 5.92 Å². The molecule has 0 radical (unpaired) electrons. The van der Waals surface area contributed by atoms with Crippen LogP contribution >= 0.6 is 0 Å². The molecule has 0 spiro atoms. The highest BCUT2D eigenvalue weighted by molar-refractivity contribution is 5.76. The normalized spacial score (nSPS) is 20.1. The smallest absolute Gasteiger partial charge is 0.431 e. The third-order valence-electron chi connectivity index (χ3n) is 3.67. The fourth-order valence-corrected chi connectivity index (χ4v) is 2.59. The van der Waals surface area contributed by atoms with Gasteiger partial charge >= 0.3 is 24.2 Å². The quantitative estimate of drug-likeness (QED) is 0.596. The lowest BCUT2D eigenvalue weighted by Crippen LogP contribution is -2.63. The molecule has 0 aromatic heterocycles. The second kappa shape index (κ2) is 8.53. The molecule has 0 aliphatic carbocycles. The largest absolute Gasteiger partial charge is 0.481 e. The monoisotopic (exact) mass is 403 g/mol. The molecule has 1 aliphatic heterocycles. The first-order chi connectivity index (χ1) is 12.6. The maximum absolute atomic E-state index is 12.7. The van der Waals surface area contributed by atoms with Crippen molar-refractivity contribution in [1.29, 1.82) is 0 Å². The number of nitrogens with zero attached hydrogens (tertiary/aromatic N) is 2. The first-order valence-electron chi connectivity index (χ1n) is 8.85. The zero-order valence-electron chi connectivity index (χ0n) is 17.0. The second-order valence-corrected chi connectivity index (χ2v) is 8.48. The van der Waals surface area contributed by atoms with E-state index in [1.165, 1.54) is 0 Å². The van der Waals surface area contributed by atoms with Crippen LogP contribution in [0.1, 0.15) is 54.4 Å². The van der Waals surface area contributed by atoms with Crippen LogP contribution in [-0.2, 0) is 14.3 Å². The van der Waals surface area contributed by atoms with Crippen LogP contribution in [0.5, 0.6) is 0 Å². The first-order valence-corrected chi connectivity index (χ1v) is 8.85. The summed E-state index contributed by atoms with van der Waals surface area (Å²) >= 11 is 0. The summed E-state index contributed by atoms with van der Waals surface area (Å²) < 4.78 is 10.4. The van der Waals surface area contributed by atoms with Gasteiger partial charge in [-0.3, -0.25) is 9.69 Å². The van der Waals surface area contributed by atoms with E-state index in [2.05, 4.69) is 5.43 Å². The molecule has 1 rings (SSSR count). The number of carbonyl (C=O) groups excluding carboxylic acids is 2. The minimum absolute atomic E-state index is 0.0900. The zero-order valence-corrected chi connectivity index (χ0v) is 17.0. The van der Waals surface area contributed by atoms with Crippen LogP contribution < -0.4 is 5.43 Å². The summed E-state index contributed by atoms with van der Waals surface area (Å²) in [5.41, 5.74) is 0.410. The lowest BCUT2D eigenvalue weighted by molar-refractivity contribution is -0.145. The number of hydrogen-bond acceptors (Lipinski definition) is 6. The number of ether oxygens (including phenoxy) is 2. The third kappa shape index (κ3) is 7.12. The topological polar surface area (TPSA) is 146 Å². The number of amides is 3. The van der Waals surface area contributed by atoms with Crippen molar-refractivity contribution in [3.63, 3.8) is 0 Å². The van der Waals surface area contributed by atoms with Gasteiger partial charge in [-0.1, -0.05) is 0 Å².